The highest BCUT2D eigenvalue weighted by atomic mass is 35.5. The molecule has 0 bridgehead atoms. The average Bonchev–Trinajstić information content (AvgIpc) is 2.94. The fourth-order valence-corrected chi connectivity index (χ4v) is 2.12. The molecule has 1 amide bonds. The first kappa shape index (κ1) is 18.3. The number of furan rings is 1. The molecule has 0 fully saturated rings. The molecule has 4 nitrogen and oxygen atoms in total. The lowest BCUT2D eigenvalue weighted by atomic mass is 9.84. The van der Waals surface area contributed by atoms with Crippen LogP contribution in [-0.2, 0) is 12.0 Å². The molecule has 0 saturated carbocycles. The Bertz CT molecular complexity index is 618. The van der Waals surface area contributed by atoms with Crippen LogP contribution in [0.3, 0.4) is 0 Å². The zero-order valence-corrected chi connectivity index (χ0v) is 14.0. The molecule has 0 atom stereocenters. The molecule has 120 valence electrons. The van der Waals surface area contributed by atoms with E-state index in [-0.39, 0.29) is 23.7 Å². The highest BCUT2D eigenvalue weighted by Gasteiger charge is 2.22. The number of halogens is 1. The molecule has 0 aliphatic heterocycles. The minimum atomic E-state index is -0.140. The second kappa shape index (κ2) is 7.47. The van der Waals surface area contributed by atoms with Crippen molar-refractivity contribution in [1.29, 1.82) is 0 Å². The van der Waals surface area contributed by atoms with Crippen molar-refractivity contribution in [2.45, 2.75) is 32.7 Å². The number of benzene rings is 1. The predicted molar refractivity (Wildman–Crippen MR) is 90.4 cm³/mol. The third-order valence-electron chi connectivity index (χ3n) is 3.64. The molecule has 2 aromatic rings. The van der Waals surface area contributed by atoms with Gasteiger partial charge in [0.2, 0.25) is 0 Å². The van der Waals surface area contributed by atoms with E-state index in [0.717, 1.165) is 0 Å². The molecule has 1 aromatic heterocycles. The molecule has 0 saturated heterocycles. The molecular weight excluding hydrogens is 300 g/mol. The van der Waals surface area contributed by atoms with Crippen LogP contribution in [0.2, 0.25) is 0 Å². The average molecular weight is 323 g/mol. The Kier molecular flexibility index (Phi) is 6.21. The molecule has 0 spiro atoms. The first-order valence-corrected chi connectivity index (χ1v) is 7.05. The fourth-order valence-electron chi connectivity index (χ4n) is 2.12. The molecular formula is C17H23ClN2O2. The van der Waals surface area contributed by atoms with Crippen molar-refractivity contribution in [3.63, 3.8) is 0 Å². The van der Waals surface area contributed by atoms with E-state index in [4.69, 9.17) is 10.2 Å². The minimum Gasteiger partial charge on any atom is -0.467 e. The van der Waals surface area contributed by atoms with Gasteiger partial charge in [-0.05, 0) is 18.6 Å². The summed E-state index contributed by atoms with van der Waals surface area (Å²) in [6, 6.07) is 10.1. The molecule has 1 aromatic carbocycles. The van der Waals surface area contributed by atoms with Gasteiger partial charge in [-0.25, -0.2) is 0 Å². The molecule has 2 rings (SSSR count). The van der Waals surface area contributed by atoms with E-state index in [2.05, 4.69) is 50.4 Å². The number of aryl methyl sites for hydroxylation is 1. The Balaban J connectivity index is 0.00000242. The maximum absolute atomic E-state index is 12.1. The van der Waals surface area contributed by atoms with E-state index in [9.17, 15) is 4.79 Å². The van der Waals surface area contributed by atoms with Crippen molar-refractivity contribution in [2.24, 2.45) is 5.73 Å². The van der Waals surface area contributed by atoms with Crippen LogP contribution in [0.25, 0.3) is 0 Å². The number of hydrogen-bond donors (Lipinski definition) is 2. The van der Waals surface area contributed by atoms with Gasteiger partial charge in [0, 0.05) is 12.0 Å². The Labute approximate surface area is 137 Å². The third-order valence-corrected chi connectivity index (χ3v) is 3.64. The van der Waals surface area contributed by atoms with E-state index in [1.165, 1.54) is 17.4 Å². The van der Waals surface area contributed by atoms with Crippen LogP contribution in [-0.4, -0.2) is 12.5 Å². The van der Waals surface area contributed by atoms with Crippen LogP contribution in [0, 0.1) is 6.92 Å². The topological polar surface area (TPSA) is 68.3 Å². The maximum Gasteiger partial charge on any atom is 0.254 e. The lowest BCUT2D eigenvalue weighted by Gasteiger charge is -2.25. The molecule has 1 heterocycles. The zero-order chi connectivity index (χ0) is 15.5. The summed E-state index contributed by atoms with van der Waals surface area (Å²) in [6.07, 6.45) is 1.44. The van der Waals surface area contributed by atoms with Gasteiger partial charge in [0.25, 0.3) is 5.91 Å². The number of nitrogens with one attached hydrogen (secondary N) is 1. The normalized spacial score (nSPS) is 10.9. The van der Waals surface area contributed by atoms with Gasteiger partial charge < -0.3 is 15.5 Å². The highest BCUT2D eigenvalue weighted by molar-refractivity contribution is 5.94. The second-order valence-corrected chi connectivity index (χ2v) is 5.94. The molecule has 3 N–H and O–H groups in total. The van der Waals surface area contributed by atoms with Crippen molar-refractivity contribution in [2.75, 3.05) is 6.54 Å². The summed E-state index contributed by atoms with van der Waals surface area (Å²) in [7, 11) is 0. The third kappa shape index (κ3) is 4.36. The van der Waals surface area contributed by atoms with E-state index < -0.39 is 0 Å². The van der Waals surface area contributed by atoms with Gasteiger partial charge in [-0.1, -0.05) is 43.7 Å². The first-order chi connectivity index (χ1) is 9.92. The highest BCUT2D eigenvalue weighted by Crippen LogP contribution is 2.22. The van der Waals surface area contributed by atoms with Crippen molar-refractivity contribution in [3.05, 3.63) is 59.0 Å². The van der Waals surface area contributed by atoms with E-state index in [1.54, 1.807) is 6.07 Å². The van der Waals surface area contributed by atoms with E-state index in [1.807, 2.05) is 0 Å². The summed E-state index contributed by atoms with van der Waals surface area (Å²) in [6.45, 7) is 7.13. The summed E-state index contributed by atoms with van der Waals surface area (Å²) >= 11 is 0. The Hall–Kier alpha value is -1.78. The lowest BCUT2D eigenvalue weighted by Crippen LogP contribution is -2.36. The van der Waals surface area contributed by atoms with Crippen LogP contribution in [0.4, 0.5) is 0 Å². The van der Waals surface area contributed by atoms with Gasteiger partial charge in [0.05, 0.1) is 12.1 Å². The van der Waals surface area contributed by atoms with Crippen molar-refractivity contribution < 1.29 is 9.21 Å². The van der Waals surface area contributed by atoms with E-state index in [0.29, 0.717) is 24.4 Å². The summed E-state index contributed by atoms with van der Waals surface area (Å²) < 4.78 is 5.18. The summed E-state index contributed by atoms with van der Waals surface area (Å²) in [5, 5.41) is 2.95. The van der Waals surface area contributed by atoms with Gasteiger partial charge in [0.1, 0.15) is 12.0 Å². The molecule has 0 unspecified atom stereocenters. The SMILES string of the molecule is Cc1ccc(C(C)(C)CNC(=O)c2coc(CN)c2)cc1.Cl. The summed E-state index contributed by atoms with van der Waals surface area (Å²) in [5.74, 6) is 0.469. The summed E-state index contributed by atoms with van der Waals surface area (Å²) in [4.78, 5) is 12.1. The van der Waals surface area contributed by atoms with Crippen molar-refractivity contribution in [1.82, 2.24) is 5.32 Å². The zero-order valence-electron chi connectivity index (χ0n) is 13.2. The first-order valence-electron chi connectivity index (χ1n) is 7.05. The van der Waals surface area contributed by atoms with Gasteiger partial charge >= 0.3 is 0 Å². The second-order valence-electron chi connectivity index (χ2n) is 5.94. The predicted octanol–water partition coefficient (Wildman–Crippen LogP) is 3.18. The Morgan fingerprint density at radius 3 is 2.45 bits per heavy atom. The van der Waals surface area contributed by atoms with Gasteiger partial charge in [0.15, 0.2) is 0 Å². The number of rotatable bonds is 5. The molecule has 0 aliphatic rings. The smallest absolute Gasteiger partial charge is 0.254 e. The Morgan fingerprint density at radius 2 is 1.91 bits per heavy atom. The number of carbonyl (C=O) groups is 1. The standard InChI is InChI=1S/C17H22N2O2.ClH/c1-12-4-6-14(7-5-12)17(2,3)11-19-16(20)13-8-15(9-18)21-10-13;/h4-8,10H,9,11,18H2,1-3H3,(H,19,20);1H. The molecule has 0 radical (unpaired) electrons. The van der Waals surface area contributed by atoms with Crippen LogP contribution in [0.1, 0.15) is 41.1 Å². The quantitative estimate of drug-likeness (QED) is 0.888. The minimum absolute atomic E-state index is 0. The molecule has 22 heavy (non-hydrogen) atoms. The van der Waals surface area contributed by atoms with Gasteiger partial charge in [-0.2, -0.15) is 0 Å². The van der Waals surface area contributed by atoms with Crippen LogP contribution < -0.4 is 11.1 Å². The van der Waals surface area contributed by atoms with Crippen LogP contribution >= 0.6 is 12.4 Å². The number of hydrogen-bond acceptors (Lipinski definition) is 3. The number of amides is 1. The van der Waals surface area contributed by atoms with Gasteiger partial charge in [-0.15, -0.1) is 12.4 Å². The number of nitrogens with two attached hydrogens (primary N) is 1. The largest absolute Gasteiger partial charge is 0.467 e. The maximum atomic E-state index is 12.1. The number of carbonyl (C=O) groups excluding carboxylic acids is 1. The van der Waals surface area contributed by atoms with Crippen LogP contribution in [0.5, 0.6) is 0 Å². The fraction of sp³-hybridized carbons (Fsp3) is 0.353. The van der Waals surface area contributed by atoms with Crippen molar-refractivity contribution in [3.8, 4) is 0 Å². The molecule has 0 aliphatic carbocycles. The van der Waals surface area contributed by atoms with Gasteiger partial charge in [-0.3, -0.25) is 4.79 Å². The molecule has 5 heteroatoms. The Morgan fingerprint density at radius 1 is 1.27 bits per heavy atom. The van der Waals surface area contributed by atoms with Crippen molar-refractivity contribution >= 4 is 18.3 Å². The van der Waals surface area contributed by atoms with E-state index >= 15 is 0 Å². The summed E-state index contributed by atoms with van der Waals surface area (Å²) in [5.41, 5.74) is 8.27. The monoisotopic (exact) mass is 322 g/mol. The van der Waals surface area contributed by atoms with Crippen LogP contribution in [0.15, 0.2) is 41.0 Å². The lowest BCUT2D eigenvalue weighted by molar-refractivity contribution is 0.0945.